The normalized spacial score (nSPS) is 29.9. The Hall–Kier alpha value is -1.32. The largest absolute Gasteiger partial charge is 0.346 e. The minimum Gasteiger partial charge on any atom is -0.346 e. The van der Waals surface area contributed by atoms with Crippen molar-refractivity contribution >= 4 is 5.82 Å². The molecule has 3 heterocycles. The van der Waals surface area contributed by atoms with E-state index in [2.05, 4.69) is 14.9 Å². The molecule has 0 unspecified atom stereocenters. The van der Waals surface area contributed by atoms with Gasteiger partial charge in [-0.3, -0.25) is 4.79 Å². The van der Waals surface area contributed by atoms with Crippen LogP contribution in [0.2, 0.25) is 0 Å². The minimum absolute atomic E-state index is 0.0497. The number of H-pyrrole nitrogens is 1. The van der Waals surface area contributed by atoms with Crippen LogP contribution in [0.3, 0.4) is 0 Å². The zero-order valence-corrected chi connectivity index (χ0v) is 7.94. The van der Waals surface area contributed by atoms with Gasteiger partial charge < -0.3 is 9.88 Å². The Morgan fingerprint density at radius 1 is 1.29 bits per heavy atom. The Balaban J connectivity index is 2.04. The van der Waals surface area contributed by atoms with Crippen molar-refractivity contribution in [1.29, 1.82) is 0 Å². The van der Waals surface area contributed by atoms with Crippen LogP contribution in [-0.2, 0) is 0 Å². The highest BCUT2D eigenvalue weighted by Crippen LogP contribution is 2.38. The number of anilines is 1. The van der Waals surface area contributed by atoms with E-state index in [-0.39, 0.29) is 5.56 Å². The molecule has 0 saturated carbocycles. The first-order valence-corrected chi connectivity index (χ1v) is 5.18. The van der Waals surface area contributed by atoms with Crippen molar-refractivity contribution in [2.45, 2.75) is 37.8 Å². The molecule has 0 radical (unpaired) electrons. The minimum atomic E-state index is -0.0497. The van der Waals surface area contributed by atoms with Gasteiger partial charge in [-0.05, 0) is 25.7 Å². The Morgan fingerprint density at radius 3 is 2.50 bits per heavy atom. The third kappa shape index (κ3) is 0.997. The summed E-state index contributed by atoms with van der Waals surface area (Å²) in [7, 11) is 0. The van der Waals surface area contributed by atoms with Gasteiger partial charge in [0.25, 0.3) is 5.56 Å². The second-order valence-electron chi connectivity index (χ2n) is 4.11. The SMILES string of the molecule is O=c1[nH]ccnc1N1C2CCC1CC2. The van der Waals surface area contributed by atoms with E-state index in [1.165, 1.54) is 25.7 Å². The molecule has 2 bridgehead atoms. The van der Waals surface area contributed by atoms with Crippen molar-refractivity contribution in [3.05, 3.63) is 22.7 Å². The van der Waals surface area contributed by atoms with Gasteiger partial charge in [-0.15, -0.1) is 0 Å². The molecule has 0 aromatic carbocycles. The molecule has 0 amide bonds. The lowest BCUT2D eigenvalue weighted by atomic mass is 10.0. The predicted octanol–water partition coefficient (Wildman–Crippen LogP) is 0.901. The van der Waals surface area contributed by atoms with E-state index in [1.807, 2.05) is 0 Å². The fraction of sp³-hybridized carbons (Fsp3) is 0.600. The van der Waals surface area contributed by atoms with Crippen LogP contribution < -0.4 is 10.5 Å². The molecule has 3 rings (SSSR count). The molecule has 4 nitrogen and oxygen atoms in total. The number of hydrogen-bond acceptors (Lipinski definition) is 3. The molecule has 2 fully saturated rings. The summed E-state index contributed by atoms with van der Waals surface area (Å²) >= 11 is 0. The molecule has 14 heavy (non-hydrogen) atoms. The van der Waals surface area contributed by atoms with Gasteiger partial charge in [0.15, 0.2) is 5.82 Å². The average Bonchev–Trinajstić information content (AvgIpc) is 2.78. The van der Waals surface area contributed by atoms with E-state index in [4.69, 9.17) is 0 Å². The van der Waals surface area contributed by atoms with E-state index in [1.54, 1.807) is 12.4 Å². The number of hydrogen-bond donors (Lipinski definition) is 1. The molecule has 4 heteroatoms. The number of nitrogens with one attached hydrogen (secondary N) is 1. The summed E-state index contributed by atoms with van der Waals surface area (Å²) in [4.78, 5) is 20.7. The average molecular weight is 191 g/mol. The lowest BCUT2D eigenvalue weighted by molar-refractivity contribution is 0.576. The van der Waals surface area contributed by atoms with Gasteiger partial charge in [0, 0.05) is 24.5 Å². The predicted molar refractivity (Wildman–Crippen MR) is 53.4 cm³/mol. The molecule has 2 saturated heterocycles. The topological polar surface area (TPSA) is 49.0 Å². The Morgan fingerprint density at radius 2 is 1.93 bits per heavy atom. The first-order chi connectivity index (χ1) is 6.86. The maximum absolute atomic E-state index is 11.6. The van der Waals surface area contributed by atoms with E-state index in [0.29, 0.717) is 17.9 Å². The highest BCUT2D eigenvalue weighted by molar-refractivity contribution is 5.42. The smallest absolute Gasteiger partial charge is 0.290 e. The summed E-state index contributed by atoms with van der Waals surface area (Å²) in [5.41, 5.74) is -0.0497. The van der Waals surface area contributed by atoms with Crippen molar-refractivity contribution in [3.63, 3.8) is 0 Å². The van der Waals surface area contributed by atoms with E-state index < -0.39 is 0 Å². The van der Waals surface area contributed by atoms with E-state index in [9.17, 15) is 4.79 Å². The zero-order valence-electron chi connectivity index (χ0n) is 7.94. The van der Waals surface area contributed by atoms with Crippen molar-refractivity contribution in [2.75, 3.05) is 4.90 Å². The maximum Gasteiger partial charge on any atom is 0.290 e. The van der Waals surface area contributed by atoms with Gasteiger partial charge >= 0.3 is 0 Å². The summed E-state index contributed by atoms with van der Waals surface area (Å²) in [6.45, 7) is 0. The zero-order chi connectivity index (χ0) is 9.54. The molecule has 1 aromatic heterocycles. The van der Waals surface area contributed by atoms with Crippen LogP contribution in [0.25, 0.3) is 0 Å². The molecule has 0 atom stereocenters. The third-order valence-corrected chi connectivity index (χ3v) is 3.39. The first-order valence-electron chi connectivity index (χ1n) is 5.18. The number of aromatic nitrogens is 2. The summed E-state index contributed by atoms with van der Waals surface area (Å²) in [5.74, 6) is 0.623. The molecule has 0 aliphatic carbocycles. The fourth-order valence-corrected chi connectivity index (χ4v) is 2.79. The maximum atomic E-state index is 11.6. The van der Waals surface area contributed by atoms with Crippen LogP contribution in [0, 0.1) is 0 Å². The van der Waals surface area contributed by atoms with Crippen molar-refractivity contribution in [2.24, 2.45) is 0 Å². The second-order valence-corrected chi connectivity index (χ2v) is 4.11. The van der Waals surface area contributed by atoms with Gasteiger partial charge in [0.2, 0.25) is 0 Å². The quantitative estimate of drug-likeness (QED) is 0.717. The Bertz CT molecular complexity index is 380. The van der Waals surface area contributed by atoms with Gasteiger partial charge in [-0.1, -0.05) is 0 Å². The Kier molecular flexibility index (Phi) is 1.63. The highest BCUT2D eigenvalue weighted by atomic mass is 16.1. The molecular formula is C10H13N3O. The lowest BCUT2D eigenvalue weighted by Crippen LogP contribution is -2.34. The van der Waals surface area contributed by atoms with Crippen LogP contribution in [0.4, 0.5) is 5.82 Å². The standard InChI is InChI=1S/C10H13N3O/c14-10-9(11-5-6-12-10)13-7-1-2-8(13)4-3-7/h5-8H,1-4H2,(H,12,14). The number of aromatic amines is 1. The molecular weight excluding hydrogens is 178 g/mol. The monoisotopic (exact) mass is 191 g/mol. The third-order valence-electron chi connectivity index (χ3n) is 3.39. The van der Waals surface area contributed by atoms with Crippen LogP contribution in [0.1, 0.15) is 25.7 Å². The molecule has 1 aromatic rings. The molecule has 2 aliphatic heterocycles. The van der Waals surface area contributed by atoms with Gasteiger partial charge in [-0.2, -0.15) is 0 Å². The number of rotatable bonds is 1. The summed E-state index contributed by atoms with van der Waals surface area (Å²) in [6, 6.07) is 1.13. The molecule has 1 N–H and O–H groups in total. The molecule has 0 spiro atoms. The van der Waals surface area contributed by atoms with Crippen molar-refractivity contribution < 1.29 is 0 Å². The molecule has 74 valence electrons. The van der Waals surface area contributed by atoms with Gasteiger partial charge in [0.1, 0.15) is 0 Å². The number of nitrogens with zero attached hydrogens (tertiary/aromatic N) is 2. The molecule has 2 aliphatic rings. The van der Waals surface area contributed by atoms with Gasteiger partial charge in [-0.25, -0.2) is 4.98 Å². The van der Waals surface area contributed by atoms with E-state index in [0.717, 1.165) is 0 Å². The van der Waals surface area contributed by atoms with Gasteiger partial charge in [0.05, 0.1) is 0 Å². The second kappa shape index (κ2) is 2.83. The summed E-state index contributed by atoms with van der Waals surface area (Å²) < 4.78 is 0. The summed E-state index contributed by atoms with van der Waals surface area (Å²) in [5, 5.41) is 0. The highest BCUT2D eigenvalue weighted by Gasteiger charge is 2.40. The fourth-order valence-electron chi connectivity index (χ4n) is 2.79. The lowest BCUT2D eigenvalue weighted by Gasteiger charge is -2.21. The van der Waals surface area contributed by atoms with Crippen LogP contribution in [0.15, 0.2) is 17.2 Å². The van der Waals surface area contributed by atoms with Crippen LogP contribution in [0.5, 0.6) is 0 Å². The van der Waals surface area contributed by atoms with Crippen LogP contribution >= 0.6 is 0 Å². The van der Waals surface area contributed by atoms with Crippen molar-refractivity contribution in [1.82, 2.24) is 9.97 Å². The van der Waals surface area contributed by atoms with E-state index >= 15 is 0 Å². The Labute approximate surface area is 82.0 Å². The van der Waals surface area contributed by atoms with Crippen molar-refractivity contribution in [3.8, 4) is 0 Å². The first kappa shape index (κ1) is 8.03. The van der Waals surface area contributed by atoms with Crippen LogP contribution in [-0.4, -0.2) is 22.1 Å². The number of fused-ring (bicyclic) bond motifs is 2. The summed E-state index contributed by atoms with van der Waals surface area (Å²) in [6.07, 6.45) is 8.14.